The van der Waals surface area contributed by atoms with Crippen LogP contribution in [0.2, 0.25) is 0 Å². The van der Waals surface area contributed by atoms with Gasteiger partial charge in [-0.15, -0.1) is 0 Å². The molecule has 2 amide bonds. The third-order valence-electron chi connectivity index (χ3n) is 5.56. The largest absolute Gasteiger partial charge is 0.494 e. The van der Waals surface area contributed by atoms with Crippen molar-refractivity contribution < 1.29 is 14.3 Å². The van der Waals surface area contributed by atoms with E-state index in [9.17, 15) is 9.59 Å². The Balaban J connectivity index is 1.50. The maximum Gasteiger partial charge on any atom is 0.329 e. The smallest absolute Gasteiger partial charge is 0.329 e. The number of rotatable bonds is 9. The van der Waals surface area contributed by atoms with Gasteiger partial charge in [0.2, 0.25) is 0 Å². The molecule has 188 valence electrons. The predicted octanol–water partition coefficient (Wildman–Crippen LogP) is 4.98. The van der Waals surface area contributed by atoms with Crippen LogP contribution >= 0.6 is 0 Å². The first kappa shape index (κ1) is 25.4. The number of aryl methyl sites for hydroxylation is 1. The van der Waals surface area contributed by atoms with Crippen LogP contribution in [0.4, 0.5) is 5.69 Å². The highest BCUT2D eigenvalue weighted by molar-refractivity contribution is 6.39. The summed E-state index contributed by atoms with van der Waals surface area (Å²) in [4.78, 5) is 24.6. The summed E-state index contributed by atoms with van der Waals surface area (Å²) in [6, 6.07) is 24.6. The molecule has 3 aromatic carbocycles. The Hall–Kier alpha value is -4.72. The van der Waals surface area contributed by atoms with Crippen molar-refractivity contribution >= 4 is 23.7 Å². The maximum absolute atomic E-state index is 12.3. The van der Waals surface area contributed by atoms with Crippen molar-refractivity contribution in [2.75, 3.05) is 11.9 Å². The number of carbonyl (C=O) groups is 2. The van der Waals surface area contributed by atoms with Crippen LogP contribution in [0.5, 0.6) is 5.75 Å². The van der Waals surface area contributed by atoms with Gasteiger partial charge < -0.3 is 10.1 Å². The summed E-state index contributed by atoms with van der Waals surface area (Å²) >= 11 is 0. The Morgan fingerprint density at radius 2 is 1.68 bits per heavy atom. The highest BCUT2D eigenvalue weighted by Crippen LogP contribution is 2.25. The highest BCUT2D eigenvalue weighted by Gasteiger charge is 2.14. The van der Waals surface area contributed by atoms with Gasteiger partial charge in [0.1, 0.15) is 11.4 Å². The fraction of sp³-hybridized carbons (Fsp3) is 0.172. The van der Waals surface area contributed by atoms with Crippen LogP contribution in [0.1, 0.15) is 31.4 Å². The first-order valence-corrected chi connectivity index (χ1v) is 12.2. The van der Waals surface area contributed by atoms with Crippen molar-refractivity contribution in [1.82, 2.24) is 15.2 Å². The summed E-state index contributed by atoms with van der Waals surface area (Å²) in [6.45, 7) is 4.75. The molecule has 0 aliphatic heterocycles. The monoisotopic (exact) mass is 495 g/mol. The molecule has 8 heteroatoms. The van der Waals surface area contributed by atoms with Gasteiger partial charge in [0.25, 0.3) is 0 Å². The molecule has 1 aromatic heterocycles. The van der Waals surface area contributed by atoms with E-state index in [2.05, 4.69) is 22.8 Å². The van der Waals surface area contributed by atoms with E-state index in [0.717, 1.165) is 35.4 Å². The second-order valence-corrected chi connectivity index (χ2v) is 8.29. The summed E-state index contributed by atoms with van der Waals surface area (Å²) in [5.74, 6) is -0.888. The summed E-state index contributed by atoms with van der Waals surface area (Å²) in [5.41, 5.74) is 7.06. The van der Waals surface area contributed by atoms with E-state index in [1.807, 2.05) is 79.9 Å². The summed E-state index contributed by atoms with van der Waals surface area (Å²) < 4.78 is 7.42. The SMILES string of the molecule is CCCOc1ccc(-c2nn(-c3ccccc3)cc2/C=N/NC(=O)C(=O)Nc2ccc(CC)cc2)cc1. The van der Waals surface area contributed by atoms with Crippen LogP contribution in [0.25, 0.3) is 16.9 Å². The molecule has 0 radical (unpaired) electrons. The van der Waals surface area contributed by atoms with Crippen LogP contribution in [0, 0.1) is 0 Å². The molecule has 4 rings (SSSR count). The van der Waals surface area contributed by atoms with Gasteiger partial charge >= 0.3 is 11.8 Å². The first-order valence-electron chi connectivity index (χ1n) is 12.2. The number of ether oxygens (including phenoxy) is 1. The predicted molar refractivity (Wildman–Crippen MR) is 145 cm³/mol. The zero-order valence-electron chi connectivity index (χ0n) is 20.8. The second-order valence-electron chi connectivity index (χ2n) is 8.29. The van der Waals surface area contributed by atoms with E-state index < -0.39 is 11.8 Å². The van der Waals surface area contributed by atoms with Gasteiger partial charge in [-0.25, -0.2) is 10.1 Å². The number of hydrazone groups is 1. The summed E-state index contributed by atoms with van der Waals surface area (Å²) in [5, 5.41) is 11.3. The maximum atomic E-state index is 12.3. The molecule has 0 bridgehead atoms. The zero-order chi connectivity index (χ0) is 26.0. The number of nitrogens with zero attached hydrogens (tertiary/aromatic N) is 3. The number of amides is 2. The standard InChI is InChI=1S/C29H29N5O3/c1-3-18-37-26-16-12-22(13-17-26)27-23(20-34(33-27)25-8-6-5-7-9-25)19-30-32-29(36)28(35)31-24-14-10-21(4-2)11-15-24/h5-17,19-20H,3-4,18H2,1-2H3,(H,31,35)(H,32,36)/b30-19+. The van der Waals surface area contributed by atoms with E-state index in [4.69, 9.17) is 9.84 Å². The van der Waals surface area contributed by atoms with Gasteiger partial charge in [-0.3, -0.25) is 9.59 Å². The fourth-order valence-corrected chi connectivity index (χ4v) is 3.57. The molecule has 8 nitrogen and oxygen atoms in total. The van der Waals surface area contributed by atoms with Gasteiger partial charge in [-0.1, -0.05) is 44.2 Å². The molecule has 0 saturated heterocycles. The molecule has 1 heterocycles. The molecule has 0 saturated carbocycles. The van der Waals surface area contributed by atoms with Gasteiger partial charge in [0, 0.05) is 23.0 Å². The van der Waals surface area contributed by atoms with Crippen LogP contribution < -0.4 is 15.5 Å². The van der Waals surface area contributed by atoms with E-state index in [-0.39, 0.29) is 0 Å². The minimum Gasteiger partial charge on any atom is -0.494 e. The van der Waals surface area contributed by atoms with E-state index in [1.54, 1.807) is 16.8 Å². The van der Waals surface area contributed by atoms with E-state index in [0.29, 0.717) is 23.6 Å². The second kappa shape index (κ2) is 12.3. The molecule has 0 fully saturated rings. The van der Waals surface area contributed by atoms with Crippen molar-refractivity contribution in [2.24, 2.45) is 5.10 Å². The lowest BCUT2D eigenvalue weighted by Crippen LogP contribution is -2.32. The lowest BCUT2D eigenvalue weighted by atomic mass is 10.1. The number of hydrogen-bond acceptors (Lipinski definition) is 5. The van der Waals surface area contributed by atoms with E-state index >= 15 is 0 Å². The molecule has 0 unspecified atom stereocenters. The number of carbonyl (C=O) groups excluding carboxylic acids is 2. The minimum atomic E-state index is -0.870. The molecule has 37 heavy (non-hydrogen) atoms. The van der Waals surface area contributed by atoms with Crippen molar-refractivity contribution in [3.05, 3.63) is 96.2 Å². The molecular weight excluding hydrogens is 466 g/mol. The topological polar surface area (TPSA) is 97.6 Å². The summed E-state index contributed by atoms with van der Waals surface area (Å²) in [6.07, 6.45) is 5.11. The van der Waals surface area contributed by atoms with Gasteiger partial charge in [-0.05, 0) is 66.9 Å². The molecule has 4 aromatic rings. The van der Waals surface area contributed by atoms with Gasteiger partial charge in [0.05, 0.1) is 18.5 Å². The average molecular weight is 496 g/mol. The van der Waals surface area contributed by atoms with Gasteiger partial charge in [0.15, 0.2) is 0 Å². The quantitative estimate of drug-likeness (QED) is 0.194. The van der Waals surface area contributed by atoms with Crippen molar-refractivity contribution in [2.45, 2.75) is 26.7 Å². The summed E-state index contributed by atoms with van der Waals surface area (Å²) in [7, 11) is 0. The molecule has 0 atom stereocenters. The number of para-hydroxylation sites is 1. The number of hydrogen-bond donors (Lipinski definition) is 2. The molecule has 2 N–H and O–H groups in total. The van der Waals surface area contributed by atoms with Gasteiger partial charge in [-0.2, -0.15) is 10.2 Å². The zero-order valence-corrected chi connectivity index (χ0v) is 20.8. The number of anilines is 1. The van der Waals surface area contributed by atoms with Crippen LogP contribution in [-0.4, -0.2) is 34.4 Å². The van der Waals surface area contributed by atoms with Crippen molar-refractivity contribution in [1.29, 1.82) is 0 Å². The number of benzene rings is 3. The fourth-order valence-electron chi connectivity index (χ4n) is 3.57. The Bertz CT molecular complexity index is 1360. The Labute approximate surface area is 216 Å². The highest BCUT2D eigenvalue weighted by atomic mass is 16.5. The van der Waals surface area contributed by atoms with Crippen molar-refractivity contribution in [3.8, 4) is 22.7 Å². The van der Waals surface area contributed by atoms with Crippen LogP contribution in [0.15, 0.2) is 90.2 Å². The van der Waals surface area contributed by atoms with Crippen molar-refractivity contribution in [3.63, 3.8) is 0 Å². The Morgan fingerprint density at radius 3 is 2.35 bits per heavy atom. The lowest BCUT2D eigenvalue weighted by molar-refractivity contribution is -0.136. The number of nitrogens with one attached hydrogen (secondary N) is 2. The minimum absolute atomic E-state index is 0.541. The normalized spacial score (nSPS) is 10.9. The first-order chi connectivity index (χ1) is 18.1. The third kappa shape index (κ3) is 6.70. The molecular formula is C29H29N5O3. The third-order valence-corrected chi connectivity index (χ3v) is 5.56. The van der Waals surface area contributed by atoms with Crippen LogP contribution in [-0.2, 0) is 16.0 Å². The van der Waals surface area contributed by atoms with E-state index in [1.165, 1.54) is 6.21 Å². The lowest BCUT2D eigenvalue weighted by Gasteiger charge is -2.05. The Kier molecular flexibility index (Phi) is 8.44. The molecule has 0 aliphatic rings. The average Bonchev–Trinajstić information content (AvgIpc) is 3.37. The molecule has 0 spiro atoms. The van der Waals surface area contributed by atoms with Crippen LogP contribution in [0.3, 0.4) is 0 Å². The Morgan fingerprint density at radius 1 is 0.946 bits per heavy atom. The number of aromatic nitrogens is 2. The molecule has 0 aliphatic carbocycles.